The number of likely N-dealkylation sites (N-methyl/N-ethyl adjacent to an activating group) is 1. The van der Waals surface area contributed by atoms with E-state index < -0.39 is 0 Å². The van der Waals surface area contributed by atoms with Crippen LogP contribution in [-0.4, -0.2) is 39.1 Å². The Kier molecular flexibility index (Phi) is 7.17. The summed E-state index contributed by atoms with van der Waals surface area (Å²) in [4.78, 5) is 25.0. The number of carbonyl (C=O) groups is 2. The normalized spacial score (nSPS) is 11.2. The summed E-state index contributed by atoms with van der Waals surface area (Å²) >= 11 is 5.90. The number of rotatable bonds is 7. The number of carbonyl (C=O) groups excluding carboxylic acids is 2. The van der Waals surface area contributed by atoms with Crippen molar-refractivity contribution >= 4 is 34.8 Å². The van der Waals surface area contributed by atoms with Crippen LogP contribution in [0.2, 0.25) is 5.02 Å². The molecule has 0 aromatic heterocycles. The molecule has 0 saturated heterocycles. The molecular weight excluding hydrogens is 368 g/mol. The number of methoxy groups -OCH3 is 1. The fourth-order valence-electron chi connectivity index (χ4n) is 2.40. The van der Waals surface area contributed by atoms with Crippen LogP contribution in [0.1, 0.15) is 5.56 Å². The van der Waals surface area contributed by atoms with Crippen LogP contribution in [0.4, 0.5) is 11.4 Å². The Labute approximate surface area is 162 Å². The topological polar surface area (TPSA) is 95.7 Å². The molecule has 0 aliphatic carbocycles. The van der Waals surface area contributed by atoms with E-state index in [9.17, 15) is 9.59 Å². The maximum absolute atomic E-state index is 12.2. The number of nitrogens with zero attached hydrogens (tertiary/aromatic N) is 1. The highest BCUT2D eigenvalue weighted by Gasteiger charge is 2.16. The summed E-state index contributed by atoms with van der Waals surface area (Å²) < 4.78 is 5.07. The van der Waals surface area contributed by atoms with Crippen molar-refractivity contribution in [2.75, 3.05) is 37.9 Å². The molecule has 2 aromatic carbocycles. The van der Waals surface area contributed by atoms with Crippen LogP contribution in [-0.2, 0) is 9.59 Å². The van der Waals surface area contributed by atoms with E-state index in [1.54, 1.807) is 44.5 Å². The molecule has 1 unspecified atom stereocenters. The van der Waals surface area contributed by atoms with Crippen LogP contribution in [0.3, 0.4) is 0 Å². The summed E-state index contributed by atoms with van der Waals surface area (Å²) in [6, 6.07) is 13.6. The lowest BCUT2D eigenvalue weighted by molar-refractivity contribution is -0.862. The predicted octanol–water partition coefficient (Wildman–Crippen LogP) is 1.31. The number of hydrogen-bond donors (Lipinski definition) is 3. The zero-order valence-corrected chi connectivity index (χ0v) is 15.8. The first kappa shape index (κ1) is 20.2. The Bertz CT molecular complexity index is 862. The average molecular weight is 388 g/mol. The largest absolute Gasteiger partial charge is 0.497 e. The van der Waals surface area contributed by atoms with Gasteiger partial charge in [-0.2, -0.15) is 5.26 Å². The number of ether oxygens (including phenoxy) is 1. The van der Waals surface area contributed by atoms with Gasteiger partial charge in [0.15, 0.2) is 13.1 Å². The second-order valence-electron chi connectivity index (χ2n) is 5.94. The molecule has 0 fully saturated rings. The predicted molar refractivity (Wildman–Crippen MR) is 103 cm³/mol. The van der Waals surface area contributed by atoms with Crippen molar-refractivity contribution in [3.63, 3.8) is 0 Å². The van der Waals surface area contributed by atoms with Gasteiger partial charge in [0, 0.05) is 10.7 Å². The number of benzene rings is 2. The Balaban J connectivity index is 1.86. The van der Waals surface area contributed by atoms with Crippen molar-refractivity contribution < 1.29 is 19.2 Å². The van der Waals surface area contributed by atoms with Gasteiger partial charge in [0.05, 0.1) is 25.4 Å². The molecule has 3 N–H and O–H groups in total. The SMILES string of the molecule is COc1ccc(NC(=O)C[NH+](C)CC(=O)Nc2cc(Cl)ccc2C#N)cc1. The summed E-state index contributed by atoms with van der Waals surface area (Å²) in [5.41, 5.74) is 1.32. The highest BCUT2D eigenvalue weighted by molar-refractivity contribution is 6.31. The molecular formula is C19H20ClN4O3+. The minimum atomic E-state index is -0.316. The van der Waals surface area contributed by atoms with Gasteiger partial charge in [-0.1, -0.05) is 11.6 Å². The smallest absolute Gasteiger partial charge is 0.279 e. The van der Waals surface area contributed by atoms with Crippen LogP contribution in [0.5, 0.6) is 5.75 Å². The molecule has 2 amide bonds. The fourth-order valence-corrected chi connectivity index (χ4v) is 2.57. The number of nitriles is 1. The highest BCUT2D eigenvalue weighted by Crippen LogP contribution is 2.20. The van der Waals surface area contributed by atoms with Crippen molar-refractivity contribution in [1.82, 2.24) is 0 Å². The van der Waals surface area contributed by atoms with E-state index in [0.29, 0.717) is 32.6 Å². The quantitative estimate of drug-likeness (QED) is 0.667. The molecule has 0 bridgehead atoms. The first-order valence-corrected chi connectivity index (χ1v) is 8.53. The van der Waals surface area contributed by atoms with Gasteiger partial charge in [-0.05, 0) is 42.5 Å². The van der Waals surface area contributed by atoms with Crippen LogP contribution >= 0.6 is 11.6 Å². The van der Waals surface area contributed by atoms with Crippen molar-refractivity contribution in [3.8, 4) is 11.8 Å². The van der Waals surface area contributed by atoms with Crippen molar-refractivity contribution in [1.29, 1.82) is 5.26 Å². The van der Waals surface area contributed by atoms with Gasteiger partial charge >= 0.3 is 0 Å². The van der Waals surface area contributed by atoms with Crippen LogP contribution < -0.4 is 20.3 Å². The van der Waals surface area contributed by atoms with Gasteiger partial charge in [-0.15, -0.1) is 0 Å². The van der Waals surface area contributed by atoms with E-state index in [-0.39, 0.29) is 24.9 Å². The van der Waals surface area contributed by atoms with Crippen LogP contribution in [0, 0.1) is 11.3 Å². The van der Waals surface area contributed by atoms with Crippen molar-refractivity contribution in [2.45, 2.75) is 0 Å². The van der Waals surface area contributed by atoms with Crippen molar-refractivity contribution in [3.05, 3.63) is 53.1 Å². The number of nitrogens with one attached hydrogen (secondary N) is 3. The van der Waals surface area contributed by atoms with E-state index in [1.807, 2.05) is 6.07 Å². The van der Waals surface area contributed by atoms with E-state index in [0.717, 1.165) is 0 Å². The molecule has 2 rings (SSSR count). The van der Waals surface area contributed by atoms with E-state index in [4.69, 9.17) is 21.6 Å². The summed E-state index contributed by atoms with van der Waals surface area (Å²) in [5.74, 6) is 0.166. The molecule has 8 heteroatoms. The van der Waals surface area contributed by atoms with Gasteiger partial charge in [0.1, 0.15) is 11.8 Å². The minimum absolute atomic E-state index is 0.0629. The maximum atomic E-state index is 12.2. The number of hydrogen-bond acceptors (Lipinski definition) is 4. The summed E-state index contributed by atoms with van der Waals surface area (Å²) in [6.45, 7) is 0.174. The van der Waals surface area contributed by atoms with E-state index in [1.165, 1.54) is 12.1 Å². The lowest BCUT2D eigenvalue weighted by Crippen LogP contribution is -3.11. The monoisotopic (exact) mass is 387 g/mol. The van der Waals surface area contributed by atoms with Crippen LogP contribution in [0.15, 0.2) is 42.5 Å². The highest BCUT2D eigenvalue weighted by atomic mass is 35.5. The first-order chi connectivity index (χ1) is 12.9. The second-order valence-corrected chi connectivity index (χ2v) is 6.37. The Hall–Kier alpha value is -3.08. The summed E-state index contributed by atoms with van der Waals surface area (Å²) in [6.07, 6.45) is 0. The zero-order chi connectivity index (χ0) is 19.8. The second kappa shape index (κ2) is 9.57. The third-order valence-electron chi connectivity index (χ3n) is 3.67. The molecule has 1 atom stereocenters. The first-order valence-electron chi connectivity index (χ1n) is 8.16. The van der Waals surface area contributed by atoms with Gasteiger partial charge in [0.2, 0.25) is 0 Å². The van der Waals surface area contributed by atoms with Gasteiger partial charge in [-0.25, -0.2) is 0 Å². The Morgan fingerprint density at radius 3 is 2.33 bits per heavy atom. The number of anilines is 2. The van der Waals surface area contributed by atoms with E-state index in [2.05, 4.69) is 10.6 Å². The third-order valence-corrected chi connectivity index (χ3v) is 3.91. The van der Waals surface area contributed by atoms with Gasteiger partial charge < -0.3 is 20.3 Å². The molecule has 0 radical (unpaired) electrons. The molecule has 0 aliphatic heterocycles. The molecule has 0 spiro atoms. The average Bonchev–Trinajstić information content (AvgIpc) is 2.62. The van der Waals surface area contributed by atoms with Crippen LogP contribution in [0.25, 0.3) is 0 Å². The van der Waals surface area contributed by atoms with Crippen molar-refractivity contribution in [2.24, 2.45) is 0 Å². The zero-order valence-electron chi connectivity index (χ0n) is 15.0. The number of quaternary nitrogens is 1. The molecule has 140 valence electrons. The summed E-state index contributed by atoms with van der Waals surface area (Å²) in [7, 11) is 3.30. The molecule has 0 saturated carbocycles. The molecule has 7 nitrogen and oxygen atoms in total. The molecule has 0 aliphatic rings. The fraction of sp³-hybridized carbons (Fsp3) is 0.211. The standard InChI is InChI=1S/C19H19ClN4O3/c1-24(11-18(25)22-15-5-7-16(27-2)8-6-15)12-19(26)23-17-9-14(20)4-3-13(17)10-21/h3-9H,11-12H2,1-2H3,(H,22,25)(H,23,26)/p+1. The van der Waals surface area contributed by atoms with Gasteiger partial charge in [0.25, 0.3) is 11.8 Å². The number of amides is 2. The lowest BCUT2D eigenvalue weighted by atomic mass is 10.2. The van der Waals surface area contributed by atoms with Gasteiger partial charge in [-0.3, -0.25) is 9.59 Å². The maximum Gasteiger partial charge on any atom is 0.279 e. The third kappa shape index (κ3) is 6.29. The molecule has 0 heterocycles. The molecule has 27 heavy (non-hydrogen) atoms. The number of halogens is 1. The summed E-state index contributed by atoms with van der Waals surface area (Å²) in [5, 5.41) is 14.9. The minimum Gasteiger partial charge on any atom is -0.497 e. The Morgan fingerprint density at radius 2 is 1.74 bits per heavy atom. The Morgan fingerprint density at radius 1 is 1.11 bits per heavy atom. The van der Waals surface area contributed by atoms with E-state index >= 15 is 0 Å². The lowest BCUT2D eigenvalue weighted by Gasteiger charge is -2.14. The molecule has 2 aromatic rings.